The zero-order valence-electron chi connectivity index (χ0n) is 11.2. The van der Waals surface area contributed by atoms with Crippen molar-refractivity contribution in [2.75, 3.05) is 25.1 Å². The van der Waals surface area contributed by atoms with Gasteiger partial charge in [-0.15, -0.1) is 0 Å². The summed E-state index contributed by atoms with van der Waals surface area (Å²) < 4.78 is 0. The highest BCUT2D eigenvalue weighted by Gasteiger charge is 2.37. The standard InChI is InChI=1S/C15H23NO/c1-12-5-6-14(13(2)9-12)16(3)10-15(11-17)7-4-8-15/h5-6,9,17H,4,7-8,10-11H2,1-3H3. The fourth-order valence-electron chi connectivity index (χ4n) is 2.86. The number of aliphatic hydroxyl groups excluding tert-OH is 1. The molecule has 1 aliphatic carbocycles. The molecule has 94 valence electrons. The molecule has 0 radical (unpaired) electrons. The topological polar surface area (TPSA) is 23.5 Å². The van der Waals surface area contributed by atoms with Gasteiger partial charge in [-0.05, 0) is 38.3 Å². The molecule has 0 aromatic heterocycles. The Kier molecular flexibility index (Phi) is 3.43. The molecule has 2 heteroatoms. The van der Waals surface area contributed by atoms with Crippen molar-refractivity contribution in [3.63, 3.8) is 0 Å². The first-order valence-corrected chi connectivity index (χ1v) is 6.46. The number of nitrogens with zero attached hydrogens (tertiary/aromatic N) is 1. The van der Waals surface area contributed by atoms with Gasteiger partial charge in [-0.3, -0.25) is 0 Å². The molecule has 17 heavy (non-hydrogen) atoms. The normalized spacial score (nSPS) is 17.6. The van der Waals surface area contributed by atoms with Gasteiger partial charge < -0.3 is 10.0 Å². The largest absolute Gasteiger partial charge is 0.396 e. The van der Waals surface area contributed by atoms with E-state index in [4.69, 9.17) is 0 Å². The summed E-state index contributed by atoms with van der Waals surface area (Å²) in [7, 11) is 2.13. The fourth-order valence-corrected chi connectivity index (χ4v) is 2.86. The van der Waals surface area contributed by atoms with Gasteiger partial charge in [0.1, 0.15) is 0 Å². The van der Waals surface area contributed by atoms with E-state index in [9.17, 15) is 5.11 Å². The van der Waals surface area contributed by atoms with Crippen LogP contribution in [-0.4, -0.2) is 25.3 Å². The average Bonchev–Trinajstić information content (AvgIpc) is 2.23. The quantitative estimate of drug-likeness (QED) is 0.864. The van der Waals surface area contributed by atoms with E-state index in [1.165, 1.54) is 36.1 Å². The molecule has 1 N–H and O–H groups in total. The maximum Gasteiger partial charge on any atom is 0.0504 e. The minimum atomic E-state index is 0.159. The number of aliphatic hydroxyl groups is 1. The Morgan fingerprint density at radius 1 is 1.29 bits per heavy atom. The van der Waals surface area contributed by atoms with Crippen LogP contribution in [-0.2, 0) is 0 Å². The summed E-state index contributed by atoms with van der Waals surface area (Å²) in [6, 6.07) is 6.57. The first-order chi connectivity index (χ1) is 8.06. The van der Waals surface area contributed by atoms with Crippen LogP contribution in [0.5, 0.6) is 0 Å². The van der Waals surface area contributed by atoms with Gasteiger partial charge in [-0.2, -0.15) is 0 Å². The second-order valence-electron chi connectivity index (χ2n) is 5.66. The van der Waals surface area contributed by atoms with Gasteiger partial charge in [-0.25, -0.2) is 0 Å². The molecule has 0 amide bonds. The van der Waals surface area contributed by atoms with Crippen molar-refractivity contribution in [3.05, 3.63) is 29.3 Å². The van der Waals surface area contributed by atoms with Crippen LogP contribution in [0.1, 0.15) is 30.4 Å². The van der Waals surface area contributed by atoms with Crippen molar-refractivity contribution < 1.29 is 5.11 Å². The van der Waals surface area contributed by atoms with Crippen LogP contribution < -0.4 is 4.90 Å². The van der Waals surface area contributed by atoms with Crippen molar-refractivity contribution in [2.24, 2.45) is 5.41 Å². The second kappa shape index (κ2) is 4.69. The highest BCUT2D eigenvalue weighted by atomic mass is 16.3. The van der Waals surface area contributed by atoms with Crippen LogP contribution >= 0.6 is 0 Å². The first kappa shape index (κ1) is 12.4. The van der Waals surface area contributed by atoms with Crippen LogP contribution in [0.4, 0.5) is 5.69 Å². The van der Waals surface area contributed by atoms with Gasteiger partial charge >= 0.3 is 0 Å². The SMILES string of the molecule is Cc1ccc(N(C)CC2(CO)CCC2)c(C)c1. The van der Waals surface area contributed by atoms with Crippen molar-refractivity contribution in [1.82, 2.24) is 0 Å². The lowest BCUT2D eigenvalue weighted by Crippen LogP contribution is -2.43. The lowest BCUT2D eigenvalue weighted by molar-refractivity contribution is 0.0524. The number of benzene rings is 1. The summed E-state index contributed by atoms with van der Waals surface area (Å²) in [4.78, 5) is 2.30. The van der Waals surface area contributed by atoms with E-state index >= 15 is 0 Å². The van der Waals surface area contributed by atoms with E-state index in [1.807, 2.05) is 0 Å². The molecule has 1 saturated carbocycles. The van der Waals surface area contributed by atoms with E-state index in [0.29, 0.717) is 6.61 Å². The van der Waals surface area contributed by atoms with Crippen LogP contribution in [0.2, 0.25) is 0 Å². The molecule has 2 nitrogen and oxygen atoms in total. The molecule has 0 heterocycles. The van der Waals surface area contributed by atoms with Crippen LogP contribution in [0, 0.1) is 19.3 Å². The molecular weight excluding hydrogens is 210 g/mol. The Morgan fingerprint density at radius 3 is 2.47 bits per heavy atom. The second-order valence-corrected chi connectivity index (χ2v) is 5.66. The maximum atomic E-state index is 9.52. The Morgan fingerprint density at radius 2 is 2.00 bits per heavy atom. The molecule has 2 rings (SSSR count). The van der Waals surface area contributed by atoms with Gasteiger partial charge in [0.15, 0.2) is 0 Å². The van der Waals surface area contributed by atoms with Crippen molar-refractivity contribution >= 4 is 5.69 Å². The number of hydrogen-bond donors (Lipinski definition) is 1. The van der Waals surface area contributed by atoms with Crippen LogP contribution in [0.25, 0.3) is 0 Å². The van der Waals surface area contributed by atoms with E-state index in [-0.39, 0.29) is 5.41 Å². The van der Waals surface area contributed by atoms with E-state index in [1.54, 1.807) is 0 Å². The van der Waals surface area contributed by atoms with Gasteiger partial charge in [0.05, 0.1) is 6.61 Å². The number of aryl methyl sites for hydroxylation is 2. The summed E-state index contributed by atoms with van der Waals surface area (Å²) in [5, 5.41) is 9.52. The van der Waals surface area contributed by atoms with E-state index in [0.717, 1.165) is 6.54 Å². The zero-order valence-corrected chi connectivity index (χ0v) is 11.2. The Labute approximate surface area is 104 Å². The van der Waals surface area contributed by atoms with Gasteiger partial charge in [-0.1, -0.05) is 24.1 Å². The highest BCUT2D eigenvalue weighted by molar-refractivity contribution is 5.54. The Balaban J connectivity index is 2.11. The van der Waals surface area contributed by atoms with Crippen molar-refractivity contribution in [1.29, 1.82) is 0 Å². The Hall–Kier alpha value is -1.02. The van der Waals surface area contributed by atoms with Crippen LogP contribution in [0.3, 0.4) is 0 Å². The Bertz CT molecular complexity index is 390. The molecular formula is C15H23NO. The predicted molar refractivity (Wildman–Crippen MR) is 72.6 cm³/mol. The lowest BCUT2D eigenvalue weighted by atomic mass is 9.69. The molecule has 0 aliphatic heterocycles. The molecule has 0 atom stereocenters. The molecule has 0 unspecified atom stereocenters. The highest BCUT2D eigenvalue weighted by Crippen LogP contribution is 2.41. The summed E-state index contributed by atoms with van der Waals surface area (Å²) in [5.74, 6) is 0. The maximum absolute atomic E-state index is 9.52. The molecule has 1 aliphatic rings. The number of hydrogen-bond acceptors (Lipinski definition) is 2. The molecule has 1 aromatic rings. The van der Waals surface area contributed by atoms with Gasteiger partial charge in [0, 0.05) is 24.7 Å². The third kappa shape index (κ3) is 2.47. The minimum absolute atomic E-state index is 0.159. The molecule has 1 aromatic carbocycles. The average molecular weight is 233 g/mol. The molecule has 1 fully saturated rings. The zero-order chi connectivity index (χ0) is 12.5. The fraction of sp³-hybridized carbons (Fsp3) is 0.600. The van der Waals surface area contributed by atoms with Crippen molar-refractivity contribution in [3.8, 4) is 0 Å². The third-order valence-corrected chi connectivity index (χ3v) is 4.09. The smallest absolute Gasteiger partial charge is 0.0504 e. The summed E-state index contributed by atoms with van der Waals surface area (Å²) >= 11 is 0. The third-order valence-electron chi connectivity index (χ3n) is 4.09. The van der Waals surface area contributed by atoms with Gasteiger partial charge in [0.25, 0.3) is 0 Å². The predicted octanol–water partition coefficient (Wildman–Crippen LogP) is 2.90. The lowest BCUT2D eigenvalue weighted by Gasteiger charge is -2.43. The minimum Gasteiger partial charge on any atom is -0.396 e. The first-order valence-electron chi connectivity index (χ1n) is 6.46. The summed E-state index contributed by atoms with van der Waals surface area (Å²) in [5.41, 5.74) is 4.07. The van der Waals surface area contributed by atoms with Gasteiger partial charge in [0.2, 0.25) is 0 Å². The summed E-state index contributed by atoms with van der Waals surface area (Å²) in [6.45, 7) is 5.57. The molecule has 0 spiro atoms. The molecule has 0 saturated heterocycles. The number of rotatable bonds is 4. The molecule has 0 bridgehead atoms. The van der Waals surface area contributed by atoms with E-state index < -0.39 is 0 Å². The van der Waals surface area contributed by atoms with Crippen molar-refractivity contribution in [2.45, 2.75) is 33.1 Å². The number of anilines is 1. The summed E-state index contributed by atoms with van der Waals surface area (Å²) in [6.07, 6.45) is 3.60. The van der Waals surface area contributed by atoms with Crippen LogP contribution in [0.15, 0.2) is 18.2 Å². The van der Waals surface area contributed by atoms with E-state index in [2.05, 4.69) is 44.0 Å². The monoisotopic (exact) mass is 233 g/mol.